The lowest BCUT2D eigenvalue weighted by molar-refractivity contribution is 0.185. The number of rotatable bonds is 5. The van der Waals surface area contributed by atoms with Gasteiger partial charge in [-0.25, -0.2) is 9.97 Å². The average Bonchev–Trinajstić information content (AvgIpc) is 3.34. The molecule has 4 heterocycles. The highest BCUT2D eigenvalue weighted by Gasteiger charge is 2.18. The Bertz CT molecular complexity index is 1200. The molecule has 3 N–H and O–H groups in total. The summed E-state index contributed by atoms with van der Waals surface area (Å²) < 4.78 is 1.90. The third-order valence-corrected chi connectivity index (χ3v) is 5.99. The van der Waals surface area contributed by atoms with Crippen LogP contribution < -0.4 is 10.6 Å². The molecule has 8 heteroatoms. The first-order valence-corrected chi connectivity index (χ1v) is 10.8. The van der Waals surface area contributed by atoms with E-state index >= 15 is 0 Å². The summed E-state index contributed by atoms with van der Waals surface area (Å²) in [6.07, 6.45) is 1.86. The van der Waals surface area contributed by atoms with Gasteiger partial charge in [-0.15, -0.1) is 0 Å². The maximum Gasteiger partial charge on any atom is 0.206 e. The third kappa shape index (κ3) is 4.04. The van der Waals surface area contributed by atoms with Gasteiger partial charge in [-0.1, -0.05) is 6.07 Å². The van der Waals surface area contributed by atoms with Gasteiger partial charge in [0.15, 0.2) is 0 Å². The largest absolute Gasteiger partial charge is 0.324 e. The van der Waals surface area contributed by atoms with Crippen LogP contribution in [-0.4, -0.2) is 55.8 Å². The third-order valence-electron chi connectivity index (χ3n) is 5.99. The van der Waals surface area contributed by atoms with Gasteiger partial charge in [0.05, 0.1) is 22.4 Å². The van der Waals surface area contributed by atoms with Crippen molar-refractivity contribution in [2.75, 3.05) is 31.5 Å². The number of nitrogens with one attached hydrogen (secondary N) is 3. The number of hydrogen-bond acceptors (Lipinski definition) is 6. The van der Waals surface area contributed by atoms with Crippen molar-refractivity contribution >= 4 is 22.8 Å². The zero-order valence-corrected chi connectivity index (χ0v) is 18.2. The van der Waals surface area contributed by atoms with Crippen molar-refractivity contribution < 1.29 is 0 Å². The van der Waals surface area contributed by atoms with Crippen LogP contribution in [0, 0.1) is 6.92 Å². The molecule has 1 aromatic carbocycles. The standard InChI is InChI=1S/C23H28N8/c1-15-12-21(30(3)29-15)18-4-5-19-20(13-18)27-23(26-19)28-22-14-17(6-7-25-22)16(2)31-10-8-24-9-11-31/h4-7,12-14,16,24H,8-11H2,1-3H3,(H2,25,26,27,28). The van der Waals surface area contributed by atoms with Crippen LogP contribution in [0.2, 0.25) is 0 Å². The van der Waals surface area contributed by atoms with Gasteiger partial charge >= 0.3 is 0 Å². The van der Waals surface area contributed by atoms with E-state index in [9.17, 15) is 0 Å². The van der Waals surface area contributed by atoms with E-state index in [1.54, 1.807) is 0 Å². The predicted molar refractivity (Wildman–Crippen MR) is 123 cm³/mol. The van der Waals surface area contributed by atoms with E-state index in [-0.39, 0.29) is 0 Å². The molecule has 0 radical (unpaired) electrons. The Morgan fingerprint density at radius 3 is 2.71 bits per heavy atom. The maximum atomic E-state index is 4.69. The maximum absolute atomic E-state index is 4.69. The molecule has 1 atom stereocenters. The van der Waals surface area contributed by atoms with E-state index in [0.717, 1.165) is 60.0 Å². The molecule has 0 aliphatic carbocycles. The summed E-state index contributed by atoms with van der Waals surface area (Å²) in [5.74, 6) is 1.48. The molecule has 1 fully saturated rings. The molecular formula is C23H28N8. The number of hydrogen-bond donors (Lipinski definition) is 3. The second-order valence-electron chi connectivity index (χ2n) is 8.17. The zero-order chi connectivity index (χ0) is 21.4. The fourth-order valence-corrected chi connectivity index (χ4v) is 4.29. The van der Waals surface area contributed by atoms with Crippen molar-refractivity contribution in [3.8, 4) is 11.3 Å². The van der Waals surface area contributed by atoms with Gasteiger partial charge in [0, 0.05) is 51.0 Å². The lowest BCUT2D eigenvalue weighted by atomic mass is 10.1. The molecule has 8 nitrogen and oxygen atoms in total. The first-order valence-electron chi connectivity index (χ1n) is 10.8. The minimum atomic E-state index is 0.353. The zero-order valence-electron chi connectivity index (χ0n) is 18.2. The molecule has 4 aromatic rings. The van der Waals surface area contributed by atoms with Crippen molar-refractivity contribution in [3.63, 3.8) is 0 Å². The van der Waals surface area contributed by atoms with Gasteiger partial charge in [0.2, 0.25) is 5.95 Å². The van der Waals surface area contributed by atoms with E-state index < -0.39 is 0 Å². The smallest absolute Gasteiger partial charge is 0.206 e. The van der Waals surface area contributed by atoms with E-state index in [4.69, 9.17) is 0 Å². The minimum absolute atomic E-state index is 0.353. The molecule has 160 valence electrons. The van der Waals surface area contributed by atoms with Gasteiger partial charge < -0.3 is 15.6 Å². The average molecular weight is 417 g/mol. The second kappa shape index (κ2) is 8.13. The molecule has 0 amide bonds. The Kier molecular flexibility index (Phi) is 5.17. The summed E-state index contributed by atoms with van der Waals surface area (Å²) in [4.78, 5) is 15.1. The first kappa shape index (κ1) is 19.7. The lowest BCUT2D eigenvalue weighted by Gasteiger charge is -2.33. The summed E-state index contributed by atoms with van der Waals surface area (Å²) in [6, 6.07) is 12.9. The molecular weight excluding hydrogens is 388 g/mol. The number of fused-ring (bicyclic) bond motifs is 1. The summed E-state index contributed by atoms with van der Waals surface area (Å²) in [6.45, 7) is 8.47. The van der Waals surface area contributed by atoms with Crippen LogP contribution in [0.1, 0.15) is 24.2 Å². The highest BCUT2D eigenvalue weighted by molar-refractivity contribution is 5.83. The Morgan fingerprint density at radius 2 is 1.94 bits per heavy atom. The number of imidazole rings is 1. The summed E-state index contributed by atoms with van der Waals surface area (Å²) >= 11 is 0. The molecule has 0 bridgehead atoms. The summed E-state index contributed by atoms with van der Waals surface area (Å²) in [7, 11) is 1.96. The van der Waals surface area contributed by atoms with E-state index in [2.05, 4.69) is 72.8 Å². The van der Waals surface area contributed by atoms with Gasteiger partial charge in [0.25, 0.3) is 0 Å². The molecule has 1 unspecified atom stereocenters. The SMILES string of the molecule is Cc1cc(-c2ccc3nc(Nc4cc(C(C)N5CCNCC5)ccn4)[nH]c3c2)n(C)n1. The van der Waals surface area contributed by atoms with Crippen molar-refractivity contribution in [2.24, 2.45) is 7.05 Å². The number of nitrogens with zero attached hydrogens (tertiary/aromatic N) is 5. The molecule has 3 aromatic heterocycles. The lowest BCUT2D eigenvalue weighted by Crippen LogP contribution is -2.44. The highest BCUT2D eigenvalue weighted by atomic mass is 15.3. The van der Waals surface area contributed by atoms with Crippen molar-refractivity contribution in [2.45, 2.75) is 19.9 Å². The molecule has 1 saturated heterocycles. The Labute approximate surface area is 181 Å². The number of aromatic amines is 1. The van der Waals surface area contributed by atoms with Crippen molar-refractivity contribution in [1.82, 2.24) is 34.9 Å². The molecule has 5 rings (SSSR count). The first-order chi connectivity index (χ1) is 15.1. The monoisotopic (exact) mass is 416 g/mol. The van der Waals surface area contributed by atoms with Crippen LogP contribution in [0.5, 0.6) is 0 Å². The van der Waals surface area contributed by atoms with Gasteiger partial charge in [-0.2, -0.15) is 5.10 Å². The summed E-state index contributed by atoms with van der Waals surface area (Å²) in [5.41, 5.74) is 6.34. The minimum Gasteiger partial charge on any atom is -0.324 e. The fourth-order valence-electron chi connectivity index (χ4n) is 4.29. The predicted octanol–water partition coefficient (Wildman–Crippen LogP) is 3.38. The normalized spacial score (nSPS) is 16.0. The van der Waals surface area contributed by atoms with E-state index in [1.807, 2.05) is 30.9 Å². The molecule has 0 spiro atoms. The molecule has 31 heavy (non-hydrogen) atoms. The Hall–Kier alpha value is -3.23. The number of pyridine rings is 1. The van der Waals surface area contributed by atoms with Crippen LogP contribution in [0.4, 0.5) is 11.8 Å². The van der Waals surface area contributed by atoms with E-state index in [1.165, 1.54) is 5.56 Å². The van der Waals surface area contributed by atoms with Gasteiger partial charge in [0.1, 0.15) is 5.82 Å². The molecule has 0 saturated carbocycles. The van der Waals surface area contributed by atoms with Crippen molar-refractivity contribution in [3.05, 3.63) is 53.9 Å². The summed E-state index contributed by atoms with van der Waals surface area (Å²) in [5, 5.41) is 11.2. The number of anilines is 2. The Balaban J connectivity index is 1.37. The van der Waals surface area contributed by atoms with Crippen LogP contribution in [-0.2, 0) is 7.05 Å². The number of benzene rings is 1. The van der Waals surface area contributed by atoms with Crippen LogP contribution in [0.3, 0.4) is 0 Å². The van der Waals surface area contributed by atoms with Gasteiger partial charge in [-0.05, 0) is 49.7 Å². The van der Waals surface area contributed by atoms with Crippen LogP contribution in [0.25, 0.3) is 22.3 Å². The quantitative estimate of drug-likeness (QED) is 0.462. The van der Waals surface area contributed by atoms with Crippen LogP contribution >= 0.6 is 0 Å². The highest BCUT2D eigenvalue weighted by Crippen LogP contribution is 2.26. The fraction of sp³-hybridized carbons (Fsp3) is 0.348. The van der Waals surface area contributed by atoms with Crippen molar-refractivity contribution in [1.29, 1.82) is 0 Å². The number of aryl methyl sites for hydroxylation is 2. The number of aromatic nitrogens is 5. The van der Waals surface area contributed by atoms with Gasteiger partial charge in [-0.3, -0.25) is 9.58 Å². The topological polar surface area (TPSA) is 86.7 Å². The van der Waals surface area contributed by atoms with E-state index in [0.29, 0.717) is 12.0 Å². The number of piperazine rings is 1. The molecule has 1 aliphatic rings. The van der Waals surface area contributed by atoms with Crippen LogP contribution in [0.15, 0.2) is 42.6 Å². The Morgan fingerprint density at radius 1 is 1.10 bits per heavy atom. The molecule has 1 aliphatic heterocycles. The number of H-pyrrole nitrogens is 1. The second-order valence-corrected chi connectivity index (χ2v) is 8.17.